The molecule has 0 aromatic carbocycles. The third-order valence-corrected chi connectivity index (χ3v) is 1.27. The van der Waals surface area contributed by atoms with Crippen LogP contribution in [0, 0.1) is 0 Å². The number of carbonyl (C=O) groups excluding carboxylic acids is 2. The maximum absolute atomic E-state index is 10.6. The Hall–Kier alpha value is -1.12. The van der Waals surface area contributed by atoms with E-state index in [1.165, 1.54) is 24.8 Å². The first-order valence-corrected chi connectivity index (χ1v) is 3.43. The number of likely N-dealkylation sites (N-methyl/N-ethyl adjacent to an activating group) is 1. The zero-order valence-electron chi connectivity index (χ0n) is 7.13. The maximum Gasteiger partial charge on any atom is 0.219 e. The van der Waals surface area contributed by atoms with Gasteiger partial charge in [-0.3, -0.25) is 9.59 Å². The second-order valence-electron chi connectivity index (χ2n) is 2.41. The first-order valence-electron chi connectivity index (χ1n) is 3.43. The molecule has 0 aromatic heterocycles. The van der Waals surface area contributed by atoms with Crippen LogP contribution in [0.3, 0.4) is 0 Å². The smallest absolute Gasteiger partial charge is 0.219 e. The summed E-state index contributed by atoms with van der Waals surface area (Å²) in [6.07, 6.45) is 3.13. The Balaban J connectivity index is 3.70. The molecule has 0 aliphatic carbocycles. The van der Waals surface area contributed by atoms with Gasteiger partial charge in [0.25, 0.3) is 0 Å². The molecular weight excluding hydrogens is 142 g/mol. The molecule has 0 heterocycles. The molecule has 0 aliphatic heterocycles. The van der Waals surface area contributed by atoms with Crippen molar-refractivity contribution in [1.29, 1.82) is 0 Å². The molecule has 0 aliphatic rings. The van der Waals surface area contributed by atoms with Crippen molar-refractivity contribution in [3.63, 3.8) is 0 Å². The monoisotopic (exact) mass is 155 g/mol. The van der Waals surface area contributed by atoms with Gasteiger partial charge in [-0.25, -0.2) is 0 Å². The highest BCUT2D eigenvalue weighted by molar-refractivity contribution is 5.87. The highest BCUT2D eigenvalue weighted by Crippen LogP contribution is 1.84. The number of amides is 1. The largest absolute Gasteiger partial charge is 0.342 e. The third kappa shape index (κ3) is 5.33. The summed E-state index contributed by atoms with van der Waals surface area (Å²) >= 11 is 0. The average molecular weight is 155 g/mol. The number of hydrogen-bond acceptors (Lipinski definition) is 2. The van der Waals surface area contributed by atoms with Crippen molar-refractivity contribution in [2.45, 2.75) is 13.8 Å². The van der Waals surface area contributed by atoms with E-state index in [2.05, 4.69) is 0 Å². The molecule has 0 saturated heterocycles. The maximum atomic E-state index is 10.6. The molecule has 0 unspecified atom stereocenters. The van der Waals surface area contributed by atoms with Crippen LogP contribution in [0.5, 0.6) is 0 Å². The molecular formula is C8H13NO2. The zero-order valence-corrected chi connectivity index (χ0v) is 7.13. The Morgan fingerprint density at radius 3 is 2.27 bits per heavy atom. The van der Waals surface area contributed by atoms with Crippen LogP contribution in [-0.4, -0.2) is 30.2 Å². The lowest BCUT2D eigenvalue weighted by Crippen LogP contribution is -2.23. The summed E-state index contributed by atoms with van der Waals surface area (Å²) in [6, 6.07) is 0. The molecule has 1 amide bonds. The summed E-state index contributed by atoms with van der Waals surface area (Å²) in [5, 5.41) is 0. The number of ketones is 1. The van der Waals surface area contributed by atoms with Crippen molar-refractivity contribution in [1.82, 2.24) is 4.90 Å². The summed E-state index contributed by atoms with van der Waals surface area (Å²) in [5.74, 6) is 0.000143. The van der Waals surface area contributed by atoms with Gasteiger partial charge in [0.05, 0.1) is 0 Å². The Bertz CT molecular complexity index is 185. The summed E-state index contributed by atoms with van der Waals surface area (Å²) in [5.41, 5.74) is 0. The second-order valence-corrected chi connectivity index (χ2v) is 2.41. The van der Waals surface area contributed by atoms with Crippen LogP contribution in [0.1, 0.15) is 13.8 Å². The van der Waals surface area contributed by atoms with E-state index in [4.69, 9.17) is 0 Å². The first-order chi connectivity index (χ1) is 5.04. The Labute approximate surface area is 66.7 Å². The van der Waals surface area contributed by atoms with Gasteiger partial charge >= 0.3 is 0 Å². The zero-order chi connectivity index (χ0) is 8.85. The molecule has 0 rings (SSSR count). The normalized spacial score (nSPS) is 10.1. The van der Waals surface area contributed by atoms with Gasteiger partial charge in [0.1, 0.15) is 0 Å². The molecule has 62 valence electrons. The van der Waals surface area contributed by atoms with Crippen LogP contribution in [0.2, 0.25) is 0 Å². The van der Waals surface area contributed by atoms with Crippen LogP contribution in [0.15, 0.2) is 12.2 Å². The van der Waals surface area contributed by atoms with Crippen LogP contribution in [-0.2, 0) is 9.59 Å². The van der Waals surface area contributed by atoms with E-state index >= 15 is 0 Å². The van der Waals surface area contributed by atoms with Gasteiger partial charge in [-0.15, -0.1) is 0 Å². The average Bonchev–Trinajstić information content (AvgIpc) is 1.86. The van der Waals surface area contributed by atoms with Gasteiger partial charge in [0.15, 0.2) is 5.78 Å². The van der Waals surface area contributed by atoms with Crippen molar-refractivity contribution in [3.05, 3.63) is 12.2 Å². The molecule has 0 bridgehead atoms. The number of allylic oxidation sites excluding steroid dienone is 1. The van der Waals surface area contributed by atoms with Crippen LogP contribution < -0.4 is 0 Å². The predicted octanol–water partition coefficient (Wildman–Crippen LogP) is 0.610. The highest BCUT2D eigenvalue weighted by atomic mass is 16.2. The molecule has 0 saturated carbocycles. The molecule has 0 atom stereocenters. The Morgan fingerprint density at radius 2 is 1.91 bits per heavy atom. The third-order valence-electron chi connectivity index (χ3n) is 1.27. The molecule has 0 radical (unpaired) electrons. The van der Waals surface area contributed by atoms with Crippen molar-refractivity contribution in [2.24, 2.45) is 0 Å². The van der Waals surface area contributed by atoms with E-state index in [0.29, 0.717) is 6.54 Å². The van der Waals surface area contributed by atoms with Crippen LogP contribution >= 0.6 is 0 Å². The second kappa shape index (κ2) is 4.66. The van der Waals surface area contributed by atoms with Crippen molar-refractivity contribution in [2.75, 3.05) is 13.6 Å². The number of nitrogens with zero attached hydrogens (tertiary/aromatic N) is 1. The van der Waals surface area contributed by atoms with Gasteiger partial charge in [-0.05, 0) is 13.0 Å². The fourth-order valence-electron chi connectivity index (χ4n) is 0.505. The number of carbonyl (C=O) groups is 2. The standard InChI is InChI=1S/C8H13NO2/c1-7(10)5-4-6-9(3)8(2)11/h4-5H,6H2,1-3H3/b5-4+. The summed E-state index contributed by atoms with van der Waals surface area (Å²) in [7, 11) is 1.69. The first kappa shape index (κ1) is 9.88. The fraction of sp³-hybridized carbons (Fsp3) is 0.500. The van der Waals surface area contributed by atoms with E-state index in [9.17, 15) is 9.59 Å². The lowest BCUT2D eigenvalue weighted by molar-refractivity contribution is -0.127. The predicted molar refractivity (Wildman–Crippen MR) is 43.1 cm³/mol. The minimum absolute atomic E-state index is 0.00166. The highest BCUT2D eigenvalue weighted by Gasteiger charge is 1.96. The fourth-order valence-corrected chi connectivity index (χ4v) is 0.505. The van der Waals surface area contributed by atoms with Gasteiger partial charge in [0.2, 0.25) is 5.91 Å². The van der Waals surface area contributed by atoms with E-state index in [0.717, 1.165) is 0 Å². The number of rotatable bonds is 3. The van der Waals surface area contributed by atoms with Gasteiger partial charge < -0.3 is 4.90 Å². The summed E-state index contributed by atoms with van der Waals surface area (Å²) in [6.45, 7) is 3.46. The SMILES string of the molecule is CC(=O)/C=C/CN(C)C(C)=O. The topological polar surface area (TPSA) is 37.4 Å². The molecule has 3 nitrogen and oxygen atoms in total. The van der Waals surface area contributed by atoms with Gasteiger partial charge in [0, 0.05) is 20.5 Å². The Morgan fingerprint density at radius 1 is 1.36 bits per heavy atom. The van der Waals surface area contributed by atoms with Gasteiger partial charge in [-0.1, -0.05) is 6.08 Å². The Kier molecular flexibility index (Phi) is 4.18. The van der Waals surface area contributed by atoms with Gasteiger partial charge in [-0.2, -0.15) is 0 Å². The quantitative estimate of drug-likeness (QED) is 0.560. The van der Waals surface area contributed by atoms with E-state index < -0.39 is 0 Å². The molecule has 11 heavy (non-hydrogen) atoms. The lowest BCUT2D eigenvalue weighted by Gasteiger charge is -2.10. The van der Waals surface area contributed by atoms with Crippen LogP contribution in [0.25, 0.3) is 0 Å². The number of hydrogen-bond donors (Lipinski definition) is 0. The minimum atomic E-state index is -0.00166. The molecule has 0 aromatic rings. The summed E-state index contributed by atoms with van der Waals surface area (Å²) in [4.78, 5) is 22.6. The lowest BCUT2D eigenvalue weighted by atomic mass is 10.4. The molecule has 0 spiro atoms. The van der Waals surface area contributed by atoms with Crippen molar-refractivity contribution < 1.29 is 9.59 Å². The molecule has 0 N–H and O–H groups in total. The van der Waals surface area contributed by atoms with Crippen LogP contribution in [0.4, 0.5) is 0 Å². The van der Waals surface area contributed by atoms with Crippen molar-refractivity contribution in [3.8, 4) is 0 Å². The van der Waals surface area contributed by atoms with E-state index in [1.807, 2.05) is 0 Å². The van der Waals surface area contributed by atoms with E-state index in [-0.39, 0.29) is 11.7 Å². The molecule has 0 fully saturated rings. The van der Waals surface area contributed by atoms with Crippen molar-refractivity contribution >= 4 is 11.7 Å². The minimum Gasteiger partial charge on any atom is -0.342 e. The summed E-state index contributed by atoms with van der Waals surface area (Å²) < 4.78 is 0. The van der Waals surface area contributed by atoms with E-state index in [1.54, 1.807) is 13.1 Å². The molecule has 3 heteroatoms.